The van der Waals surface area contributed by atoms with Crippen molar-refractivity contribution in [3.63, 3.8) is 0 Å². The summed E-state index contributed by atoms with van der Waals surface area (Å²) in [5.41, 5.74) is 13.7. The zero-order chi connectivity index (χ0) is 11.8. The van der Waals surface area contributed by atoms with Crippen LogP contribution in [-0.4, -0.2) is 11.0 Å². The van der Waals surface area contributed by atoms with Crippen LogP contribution in [0.4, 0.5) is 0 Å². The normalized spacial score (nSPS) is 27.3. The second-order valence-electron chi connectivity index (χ2n) is 3.80. The van der Waals surface area contributed by atoms with Gasteiger partial charge in [-0.1, -0.05) is 47.5 Å². The topological polar surface area (TPSA) is 52.0 Å². The molecule has 0 aromatic heterocycles. The monoisotopic (exact) mass is 290 g/mol. The lowest BCUT2D eigenvalue weighted by Gasteiger charge is -2.30. The first-order valence-electron chi connectivity index (χ1n) is 4.89. The van der Waals surface area contributed by atoms with E-state index >= 15 is 0 Å². The van der Waals surface area contributed by atoms with Crippen molar-refractivity contribution in [3.05, 3.63) is 53.1 Å². The van der Waals surface area contributed by atoms with Gasteiger partial charge < -0.3 is 11.5 Å². The molecule has 0 saturated carbocycles. The zero-order valence-corrected chi connectivity index (χ0v) is 11.3. The molecule has 1 aliphatic carbocycles. The van der Waals surface area contributed by atoms with E-state index in [0.717, 1.165) is 11.1 Å². The van der Waals surface area contributed by atoms with Crippen LogP contribution in [0.15, 0.2) is 42.5 Å². The predicted molar refractivity (Wildman–Crippen MR) is 76.6 cm³/mol. The quantitative estimate of drug-likeness (QED) is 0.617. The summed E-state index contributed by atoms with van der Waals surface area (Å²) in [4.78, 5) is -1.04. The van der Waals surface area contributed by atoms with Crippen molar-refractivity contribution in [3.8, 4) is 0 Å². The maximum Gasteiger partial charge on any atom is 0.129 e. The minimum atomic E-state index is -1.04. The Labute approximate surface area is 117 Å². The van der Waals surface area contributed by atoms with Crippen LogP contribution in [-0.2, 0) is 0 Å². The number of allylic oxidation sites excluding steroid dienone is 2. The van der Waals surface area contributed by atoms with Gasteiger partial charge in [-0.15, -0.1) is 12.4 Å². The van der Waals surface area contributed by atoms with Gasteiger partial charge in [0.1, 0.15) is 5.00 Å². The SMILES string of the molecule is Cl.NC1C(c2cccc(Cl)c2)=CC=CC1(N)Cl. The molecular formula is C12H13Cl3N2. The first-order chi connectivity index (χ1) is 7.50. The molecule has 92 valence electrons. The molecule has 1 aromatic rings. The molecule has 0 fully saturated rings. The van der Waals surface area contributed by atoms with E-state index in [1.54, 1.807) is 6.08 Å². The number of alkyl halides is 1. The fraction of sp³-hybridized carbons (Fsp3) is 0.167. The van der Waals surface area contributed by atoms with E-state index < -0.39 is 11.0 Å². The number of halogens is 3. The van der Waals surface area contributed by atoms with E-state index in [-0.39, 0.29) is 12.4 Å². The standard InChI is InChI=1S/C12H12Cl2N2.ClH/c13-9-4-1-3-8(7-9)10-5-2-6-12(14,16)11(10)15;/h1-7,11H,15-16H2;1H. The van der Waals surface area contributed by atoms with E-state index in [1.165, 1.54) is 0 Å². The highest BCUT2D eigenvalue weighted by atomic mass is 35.5. The number of hydrogen-bond donors (Lipinski definition) is 2. The van der Waals surface area contributed by atoms with Crippen molar-refractivity contribution in [1.29, 1.82) is 0 Å². The van der Waals surface area contributed by atoms with Crippen molar-refractivity contribution >= 4 is 41.2 Å². The summed E-state index contributed by atoms with van der Waals surface area (Å²) in [5, 5.41) is 0.664. The summed E-state index contributed by atoms with van der Waals surface area (Å²) >= 11 is 12.0. The Bertz CT molecular complexity index is 467. The second-order valence-corrected chi connectivity index (χ2v) is 4.89. The van der Waals surface area contributed by atoms with Gasteiger partial charge in [-0.3, -0.25) is 0 Å². The minimum Gasteiger partial charge on any atom is -0.321 e. The largest absolute Gasteiger partial charge is 0.321 e. The third-order valence-electron chi connectivity index (χ3n) is 2.60. The van der Waals surface area contributed by atoms with E-state index in [2.05, 4.69) is 0 Å². The molecule has 2 atom stereocenters. The van der Waals surface area contributed by atoms with Gasteiger partial charge in [-0.05, 0) is 29.3 Å². The lowest BCUT2D eigenvalue weighted by atomic mass is 9.90. The first-order valence-corrected chi connectivity index (χ1v) is 5.65. The molecule has 0 amide bonds. The molecule has 2 rings (SSSR count). The van der Waals surface area contributed by atoms with Crippen LogP contribution in [0.2, 0.25) is 5.02 Å². The fourth-order valence-electron chi connectivity index (χ4n) is 1.69. The highest BCUT2D eigenvalue weighted by molar-refractivity contribution is 6.30. The van der Waals surface area contributed by atoms with Gasteiger partial charge in [0.15, 0.2) is 0 Å². The predicted octanol–water partition coefficient (Wildman–Crippen LogP) is 2.94. The Morgan fingerprint density at radius 1 is 1.29 bits per heavy atom. The summed E-state index contributed by atoms with van der Waals surface area (Å²) in [6.07, 6.45) is 5.41. The van der Waals surface area contributed by atoms with Gasteiger partial charge in [0, 0.05) is 5.02 Å². The number of rotatable bonds is 1. The molecule has 2 unspecified atom stereocenters. The molecule has 1 aromatic carbocycles. The summed E-state index contributed by atoms with van der Waals surface area (Å²) in [6.45, 7) is 0. The van der Waals surface area contributed by atoms with Gasteiger partial charge in [-0.2, -0.15) is 0 Å². The number of hydrogen-bond acceptors (Lipinski definition) is 2. The van der Waals surface area contributed by atoms with Gasteiger partial charge >= 0.3 is 0 Å². The van der Waals surface area contributed by atoms with Crippen molar-refractivity contribution in [2.45, 2.75) is 11.0 Å². The van der Waals surface area contributed by atoms with Crippen LogP contribution in [0.5, 0.6) is 0 Å². The summed E-state index contributed by atoms with van der Waals surface area (Å²) in [5.74, 6) is 0. The minimum absolute atomic E-state index is 0. The average molecular weight is 292 g/mol. The molecule has 5 heteroatoms. The smallest absolute Gasteiger partial charge is 0.129 e. The van der Waals surface area contributed by atoms with Gasteiger partial charge in [-0.25, -0.2) is 0 Å². The average Bonchev–Trinajstić information content (AvgIpc) is 2.22. The maximum atomic E-state index is 6.10. The Balaban J connectivity index is 0.00000144. The Morgan fingerprint density at radius 2 is 2.00 bits per heavy atom. The third kappa shape index (κ3) is 3.03. The van der Waals surface area contributed by atoms with Gasteiger partial charge in [0.25, 0.3) is 0 Å². The molecule has 4 N–H and O–H groups in total. The van der Waals surface area contributed by atoms with Crippen molar-refractivity contribution in [2.24, 2.45) is 11.5 Å². The van der Waals surface area contributed by atoms with Crippen LogP contribution in [0.25, 0.3) is 5.57 Å². The molecule has 0 heterocycles. The zero-order valence-electron chi connectivity index (χ0n) is 8.94. The lowest BCUT2D eigenvalue weighted by Crippen LogP contribution is -2.50. The van der Waals surface area contributed by atoms with E-state index in [0.29, 0.717) is 5.02 Å². The van der Waals surface area contributed by atoms with Crippen molar-refractivity contribution < 1.29 is 0 Å². The Morgan fingerprint density at radius 3 is 2.65 bits per heavy atom. The van der Waals surface area contributed by atoms with Crippen LogP contribution in [0.1, 0.15) is 5.56 Å². The fourth-order valence-corrected chi connectivity index (χ4v) is 2.07. The first kappa shape index (κ1) is 14.6. The molecule has 0 aliphatic heterocycles. The molecule has 0 bridgehead atoms. The van der Waals surface area contributed by atoms with Crippen molar-refractivity contribution in [1.82, 2.24) is 0 Å². The Hall–Kier alpha value is -0.510. The third-order valence-corrected chi connectivity index (χ3v) is 3.19. The Kier molecular flexibility index (Phi) is 4.64. The molecule has 17 heavy (non-hydrogen) atoms. The highest BCUT2D eigenvalue weighted by Crippen LogP contribution is 2.31. The number of nitrogens with two attached hydrogens (primary N) is 2. The summed E-state index contributed by atoms with van der Waals surface area (Å²) < 4.78 is 0. The van der Waals surface area contributed by atoms with E-state index in [1.807, 2.05) is 36.4 Å². The molecule has 0 saturated heterocycles. The molecular weight excluding hydrogens is 279 g/mol. The van der Waals surface area contributed by atoms with Crippen molar-refractivity contribution in [2.75, 3.05) is 0 Å². The summed E-state index contributed by atoms with van der Waals surface area (Å²) in [7, 11) is 0. The molecule has 2 nitrogen and oxygen atoms in total. The molecule has 1 aliphatic rings. The van der Waals surface area contributed by atoms with Crippen LogP contribution < -0.4 is 11.5 Å². The van der Waals surface area contributed by atoms with Crippen LogP contribution in [0, 0.1) is 0 Å². The summed E-state index contributed by atoms with van der Waals surface area (Å²) in [6, 6.07) is 7.02. The second kappa shape index (κ2) is 5.42. The maximum absolute atomic E-state index is 6.10. The highest BCUT2D eigenvalue weighted by Gasteiger charge is 2.32. The van der Waals surface area contributed by atoms with Crippen LogP contribution >= 0.6 is 35.6 Å². The van der Waals surface area contributed by atoms with Gasteiger partial charge in [0.2, 0.25) is 0 Å². The molecule has 0 spiro atoms. The van der Waals surface area contributed by atoms with Crippen LogP contribution in [0.3, 0.4) is 0 Å². The van der Waals surface area contributed by atoms with Gasteiger partial charge in [0.05, 0.1) is 6.04 Å². The number of benzene rings is 1. The molecule has 0 radical (unpaired) electrons. The van der Waals surface area contributed by atoms with E-state index in [4.69, 9.17) is 34.7 Å². The van der Waals surface area contributed by atoms with E-state index in [9.17, 15) is 0 Å². The lowest BCUT2D eigenvalue weighted by molar-refractivity contribution is 0.648.